The van der Waals surface area contributed by atoms with E-state index in [2.05, 4.69) is 5.32 Å². The number of amides is 1. The summed E-state index contributed by atoms with van der Waals surface area (Å²) in [4.78, 5) is 24.0. The standard InChI is InChI=1S/C10H18N2O3/c1-10(2,3)12(6-8(13)14)9(15)7-4-11-5-7/h7,11H,4-6H2,1-3H3,(H,13,14). The first-order valence-electron chi connectivity index (χ1n) is 5.06. The predicted octanol–water partition coefficient (Wildman–Crippen LogP) is -0.0825. The number of aliphatic carboxylic acids is 1. The van der Waals surface area contributed by atoms with E-state index in [4.69, 9.17) is 5.11 Å². The quantitative estimate of drug-likeness (QED) is 0.689. The van der Waals surface area contributed by atoms with Crippen LogP contribution in [0.4, 0.5) is 0 Å². The minimum absolute atomic E-state index is 0.0522. The molecule has 0 aromatic carbocycles. The second-order valence-corrected chi connectivity index (χ2v) is 4.84. The van der Waals surface area contributed by atoms with Crippen LogP contribution in [0, 0.1) is 5.92 Å². The topological polar surface area (TPSA) is 69.6 Å². The van der Waals surface area contributed by atoms with Crippen LogP contribution in [0.5, 0.6) is 0 Å². The number of carboxylic acid groups (broad SMARTS) is 1. The Morgan fingerprint density at radius 2 is 1.93 bits per heavy atom. The van der Waals surface area contributed by atoms with E-state index < -0.39 is 11.5 Å². The van der Waals surface area contributed by atoms with Gasteiger partial charge in [0.1, 0.15) is 6.54 Å². The highest BCUT2D eigenvalue weighted by molar-refractivity contribution is 5.84. The lowest BCUT2D eigenvalue weighted by atomic mass is 9.97. The second kappa shape index (κ2) is 4.18. The van der Waals surface area contributed by atoms with Gasteiger partial charge in [0.25, 0.3) is 0 Å². The molecule has 5 heteroatoms. The van der Waals surface area contributed by atoms with Gasteiger partial charge in [-0.1, -0.05) is 0 Å². The number of hydrogen-bond acceptors (Lipinski definition) is 3. The molecule has 1 fully saturated rings. The van der Waals surface area contributed by atoms with Crippen LogP contribution in [0.15, 0.2) is 0 Å². The molecule has 86 valence electrons. The van der Waals surface area contributed by atoms with Gasteiger partial charge in [0.05, 0.1) is 5.92 Å². The Morgan fingerprint density at radius 3 is 2.20 bits per heavy atom. The van der Waals surface area contributed by atoms with E-state index in [9.17, 15) is 9.59 Å². The normalized spacial score (nSPS) is 17.0. The molecule has 1 amide bonds. The van der Waals surface area contributed by atoms with Gasteiger partial charge in [-0.05, 0) is 20.8 Å². The molecule has 0 saturated carbocycles. The van der Waals surface area contributed by atoms with E-state index in [1.165, 1.54) is 4.90 Å². The van der Waals surface area contributed by atoms with Crippen molar-refractivity contribution in [1.29, 1.82) is 0 Å². The highest BCUT2D eigenvalue weighted by atomic mass is 16.4. The first kappa shape index (κ1) is 12.0. The molecular formula is C10H18N2O3. The van der Waals surface area contributed by atoms with Crippen LogP contribution in [-0.4, -0.2) is 47.1 Å². The van der Waals surface area contributed by atoms with E-state index in [1.807, 2.05) is 20.8 Å². The van der Waals surface area contributed by atoms with Gasteiger partial charge in [-0.3, -0.25) is 9.59 Å². The molecule has 2 N–H and O–H groups in total. The summed E-state index contributed by atoms with van der Waals surface area (Å²) in [6.45, 7) is 6.63. The third-order valence-corrected chi connectivity index (χ3v) is 2.50. The summed E-state index contributed by atoms with van der Waals surface area (Å²) < 4.78 is 0. The van der Waals surface area contributed by atoms with E-state index in [0.29, 0.717) is 13.1 Å². The summed E-state index contributed by atoms with van der Waals surface area (Å²) >= 11 is 0. The minimum Gasteiger partial charge on any atom is -0.480 e. The Bertz CT molecular complexity index is 266. The first-order chi connectivity index (χ1) is 6.82. The summed E-state index contributed by atoms with van der Waals surface area (Å²) in [5.74, 6) is -1.09. The number of carbonyl (C=O) groups is 2. The Labute approximate surface area is 89.4 Å². The van der Waals surface area contributed by atoms with Gasteiger partial charge in [0.15, 0.2) is 0 Å². The van der Waals surface area contributed by atoms with Gasteiger partial charge in [-0.15, -0.1) is 0 Å². The first-order valence-corrected chi connectivity index (χ1v) is 5.06. The maximum Gasteiger partial charge on any atom is 0.323 e. The SMILES string of the molecule is CC(C)(C)N(CC(=O)O)C(=O)C1CNC1. The lowest BCUT2D eigenvalue weighted by Gasteiger charge is -2.39. The zero-order valence-electron chi connectivity index (χ0n) is 9.41. The maximum absolute atomic E-state index is 11.9. The van der Waals surface area contributed by atoms with Gasteiger partial charge in [0.2, 0.25) is 5.91 Å². The highest BCUT2D eigenvalue weighted by Crippen LogP contribution is 2.18. The van der Waals surface area contributed by atoms with Crippen LogP contribution >= 0.6 is 0 Å². The number of carbonyl (C=O) groups excluding carboxylic acids is 1. The molecule has 0 aromatic rings. The molecule has 1 aliphatic rings. The third-order valence-electron chi connectivity index (χ3n) is 2.50. The molecule has 0 radical (unpaired) electrons. The van der Waals surface area contributed by atoms with Gasteiger partial charge in [-0.25, -0.2) is 0 Å². The van der Waals surface area contributed by atoms with E-state index in [0.717, 1.165) is 0 Å². The number of rotatable bonds is 3. The molecule has 0 bridgehead atoms. The smallest absolute Gasteiger partial charge is 0.323 e. The van der Waals surface area contributed by atoms with Gasteiger partial charge in [0, 0.05) is 18.6 Å². The Balaban J connectivity index is 2.70. The van der Waals surface area contributed by atoms with Gasteiger partial charge < -0.3 is 15.3 Å². The van der Waals surface area contributed by atoms with Crippen molar-refractivity contribution >= 4 is 11.9 Å². The Hall–Kier alpha value is -1.10. The van der Waals surface area contributed by atoms with Crippen molar-refractivity contribution in [2.24, 2.45) is 5.92 Å². The van der Waals surface area contributed by atoms with Crippen LogP contribution < -0.4 is 5.32 Å². The Kier molecular flexibility index (Phi) is 3.34. The maximum atomic E-state index is 11.9. The fraction of sp³-hybridized carbons (Fsp3) is 0.800. The van der Waals surface area contributed by atoms with Crippen LogP contribution in [0.25, 0.3) is 0 Å². The molecule has 0 aliphatic carbocycles. The summed E-state index contributed by atoms with van der Waals surface area (Å²) in [7, 11) is 0. The van der Waals surface area contributed by atoms with Gasteiger partial charge in [-0.2, -0.15) is 0 Å². The predicted molar refractivity (Wildman–Crippen MR) is 55.5 cm³/mol. The molecule has 0 atom stereocenters. The molecule has 0 aromatic heterocycles. The molecule has 1 aliphatic heterocycles. The second-order valence-electron chi connectivity index (χ2n) is 4.84. The van der Waals surface area contributed by atoms with Crippen LogP contribution in [0.3, 0.4) is 0 Å². The molecule has 1 rings (SSSR count). The summed E-state index contributed by atoms with van der Waals surface area (Å²) in [6.07, 6.45) is 0. The van der Waals surface area contributed by atoms with Crippen molar-refractivity contribution in [2.75, 3.05) is 19.6 Å². The zero-order chi connectivity index (χ0) is 11.6. The number of nitrogens with one attached hydrogen (secondary N) is 1. The molecule has 1 saturated heterocycles. The van der Waals surface area contributed by atoms with E-state index in [1.54, 1.807) is 0 Å². The molecule has 5 nitrogen and oxygen atoms in total. The van der Waals surface area contributed by atoms with E-state index in [-0.39, 0.29) is 18.4 Å². The van der Waals surface area contributed by atoms with Crippen molar-refractivity contribution < 1.29 is 14.7 Å². The number of hydrogen-bond donors (Lipinski definition) is 2. The fourth-order valence-corrected chi connectivity index (χ4v) is 1.46. The summed E-state index contributed by atoms with van der Waals surface area (Å²) in [5.41, 5.74) is -0.439. The van der Waals surface area contributed by atoms with Crippen molar-refractivity contribution in [2.45, 2.75) is 26.3 Å². The van der Waals surface area contributed by atoms with Crippen LogP contribution in [0.2, 0.25) is 0 Å². The molecular weight excluding hydrogens is 196 g/mol. The van der Waals surface area contributed by atoms with Crippen molar-refractivity contribution in [3.05, 3.63) is 0 Å². The average molecular weight is 214 g/mol. The van der Waals surface area contributed by atoms with Crippen LogP contribution in [0.1, 0.15) is 20.8 Å². The number of carboxylic acids is 1. The van der Waals surface area contributed by atoms with Crippen LogP contribution in [-0.2, 0) is 9.59 Å². The van der Waals surface area contributed by atoms with Crippen molar-refractivity contribution in [3.8, 4) is 0 Å². The lowest BCUT2D eigenvalue weighted by Crippen LogP contribution is -2.57. The summed E-state index contributed by atoms with van der Waals surface area (Å²) in [6, 6.07) is 0. The molecule has 0 spiro atoms. The zero-order valence-corrected chi connectivity index (χ0v) is 9.41. The summed E-state index contributed by atoms with van der Waals surface area (Å²) in [5, 5.41) is 11.8. The largest absolute Gasteiger partial charge is 0.480 e. The average Bonchev–Trinajstić information content (AvgIpc) is 1.93. The Morgan fingerprint density at radius 1 is 1.40 bits per heavy atom. The van der Waals surface area contributed by atoms with Gasteiger partial charge >= 0.3 is 5.97 Å². The number of nitrogens with zero attached hydrogens (tertiary/aromatic N) is 1. The molecule has 15 heavy (non-hydrogen) atoms. The fourth-order valence-electron chi connectivity index (χ4n) is 1.46. The lowest BCUT2D eigenvalue weighted by molar-refractivity contribution is -0.151. The van der Waals surface area contributed by atoms with Crippen molar-refractivity contribution in [1.82, 2.24) is 10.2 Å². The third kappa shape index (κ3) is 2.92. The van der Waals surface area contributed by atoms with E-state index >= 15 is 0 Å². The molecule has 0 unspecified atom stereocenters. The van der Waals surface area contributed by atoms with Crippen molar-refractivity contribution in [3.63, 3.8) is 0 Å². The minimum atomic E-state index is -0.967. The molecule has 1 heterocycles. The monoisotopic (exact) mass is 214 g/mol. The highest BCUT2D eigenvalue weighted by Gasteiger charge is 2.35.